The number of aliphatic hydroxyl groups excluding tert-OH is 3. The molecular weight excluding hydrogens is 607 g/mol. The first kappa shape index (κ1) is 39.1. The van der Waals surface area contributed by atoms with E-state index in [1.807, 2.05) is 4.90 Å². The fourth-order valence-corrected chi connectivity index (χ4v) is 5.07. The smallest absolute Gasteiger partial charge is 0.264 e. The summed E-state index contributed by atoms with van der Waals surface area (Å²) in [5, 5.41) is 39.6. The van der Waals surface area contributed by atoms with E-state index in [1.165, 1.54) is 50.6 Å². The van der Waals surface area contributed by atoms with Gasteiger partial charge in [-0.15, -0.1) is 0 Å². The Balaban J connectivity index is 0.00000129. The molecule has 0 fully saturated rings. The van der Waals surface area contributed by atoms with Gasteiger partial charge in [0.15, 0.2) is 0 Å². The number of nitrogens with zero attached hydrogens (tertiary/aromatic N) is 3. The Morgan fingerprint density at radius 1 is 1.27 bits per heavy atom. The lowest BCUT2D eigenvalue weighted by molar-refractivity contribution is -0.136. The van der Waals surface area contributed by atoms with Crippen molar-refractivity contribution in [3.8, 4) is 5.75 Å². The van der Waals surface area contributed by atoms with Gasteiger partial charge in [0.2, 0.25) is 12.3 Å². The average molecular weight is 653 g/mol. The van der Waals surface area contributed by atoms with Crippen molar-refractivity contribution in [3.63, 3.8) is 0 Å². The highest BCUT2D eigenvalue weighted by Gasteiger charge is 2.40. The Bertz CT molecular complexity index is 1320. The molecule has 15 heteroatoms. The zero-order valence-corrected chi connectivity index (χ0v) is 27.6. The molecule has 0 saturated carbocycles. The summed E-state index contributed by atoms with van der Waals surface area (Å²) in [5.74, 6) is -0.952. The van der Waals surface area contributed by atoms with Gasteiger partial charge in [0.05, 0.1) is 31.6 Å². The molecule has 0 spiro atoms. The second-order valence-electron chi connectivity index (χ2n) is 10.7. The molecular formula is C30H45FN6O7S. The Morgan fingerprint density at radius 3 is 2.44 bits per heavy atom. The number of hydrogen-bond acceptors (Lipinski definition) is 12. The van der Waals surface area contributed by atoms with Crippen LogP contribution in [0.3, 0.4) is 0 Å². The predicted octanol–water partition coefficient (Wildman–Crippen LogP) is 2.55. The number of aliphatic hydroxyl groups is 3. The number of likely N-dealkylation sites (N-methyl/N-ethyl adjacent to an activating group) is 1. The van der Waals surface area contributed by atoms with Gasteiger partial charge in [0.1, 0.15) is 27.1 Å². The van der Waals surface area contributed by atoms with E-state index >= 15 is 0 Å². The van der Waals surface area contributed by atoms with E-state index < -0.39 is 23.5 Å². The number of hydrogen-bond donors (Lipinski definition) is 6. The minimum absolute atomic E-state index is 0.0677. The topological polar surface area (TPSA) is 188 Å². The summed E-state index contributed by atoms with van der Waals surface area (Å²) in [4.78, 5) is 41.6. The van der Waals surface area contributed by atoms with E-state index in [0.717, 1.165) is 11.1 Å². The van der Waals surface area contributed by atoms with Gasteiger partial charge in [0.25, 0.3) is 5.91 Å². The van der Waals surface area contributed by atoms with Gasteiger partial charge in [-0.2, -0.15) is 5.10 Å². The lowest BCUT2D eigenvalue weighted by Crippen LogP contribution is -2.57. The van der Waals surface area contributed by atoms with E-state index in [9.17, 15) is 18.8 Å². The number of halogens is 1. The summed E-state index contributed by atoms with van der Waals surface area (Å²) < 4.78 is 19.2. The molecule has 250 valence electrons. The maximum absolute atomic E-state index is 13.9. The Labute approximate surface area is 267 Å². The second-order valence-corrected chi connectivity index (χ2v) is 11.7. The first-order chi connectivity index (χ1) is 21.2. The number of thiophene rings is 1. The number of hydrazone groups is 1. The molecule has 1 unspecified atom stereocenters. The monoisotopic (exact) mass is 652 g/mol. The van der Waals surface area contributed by atoms with Crippen LogP contribution in [0, 0.1) is 18.2 Å². The highest BCUT2D eigenvalue weighted by Crippen LogP contribution is 2.41. The van der Waals surface area contributed by atoms with Crippen molar-refractivity contribution in [1.82, 2.24) is 10.2 Å². The van der Waals surface area contributed by atoms with E-state index in [0.29, 0.717) is 46.3 Å². The first-order valence-electron chi connectivity index (χ1n) is 14.1. The van der Waals surface area contributed by atoms with Crippen molar-refractivity contribution in [1.29, 1.82) is 5.41 Å². The van der Waals surface area contributed by atoms with Gasteiger partial charge in [-0.1, -0.05) is 11.3 Å². The van der Waals surface area contributed by atoms with Crippen LogP contribution in [0.2, 0.25) is 0 Å². The van der Waals surface area contributed by atoms with Crippen molar-refractivity contribution in [3.05, 3.63) is 40.7 Å². The zero-order chi connectivity index (χ0) is 34.3. The van der Waals surface area contributed by atoms with Gasteiger partial charge < -0.3 is 35.7 Å². The number of ether oxygens (including phenoxy) is 1. The number of carbonyl (C=O) groups excluding carboxylic acids is 3. The highest BCUT2D eigenvalue weighted by molar-refractivity contribution is 7.20. The molecule has 6 N–H and O–H groups in total. The van der Waals surface area contributed by atoms with Gasteiger partial charge in [-0.3, -0.25) is 24.7 Å². The standard InChI is InChI=1S/C26H35FN6O4S.C4H10O3/c1-16(2)30-25(36)26(4,5)33(15-34)23(35)21-17(3)22(31-29-12-11-28)38-24(21)32(6)13-10-18-14-19(27)8-9-20(18)37-7;5-2-1-4(7)3-6/h8-9,11-12,14-16,28,31H,10,13H2,1-7H3,(H,30,36);4-7H,1-3H2/b28-11?,29-12-;. The summed E-state index contributed by atoms with van der Waals surface area (Å²) in [5.41, 5.74) is 2.79. The molecule has 1 aromatic carbocycles. The summed E-state index contributed by atoms with van der Waals surface area (Å²) in [6.07, 6.45) is 2.54. The minimum Gasteiger partial charge on any atom is -0.496 e. The molecule has 1 aromatic heterocycles. The summed E-state index contributed by atoms with van der Waals surface area (Å²) in [6, 6.07) is 4.10. The number of methoxy groups -OCH3 is 1. The number of benzene rings is 1. The van der Waals surface area contributed by atoms with Crippen molar-refractivity contribution >= 4 is 52.0 Å². The highest BCUT2D eigenvalue weighted by atomic mass is 32.1. The molecule has 0 radical (unpaired) electrons. The number of anilines is 2. The molecule has 0 bridgehead atoms. The number of carbonyl (C=O) groups is 3. The molecule has 0 saturated heterocycles. The molecule has 3 amide bonds. The van der Waals surface area contributed by atoms with Crippen LogP contribution < -0.4 is 20.4 Å². The van der Waals surface area contributed by atoms with Crippen molar-refractivity contribution in [2.24, 2.45) is 5.10 Å². The van der Waals surface area contributed by atoms with Crippen LogP contribution in [0.5, 0.6) is 5.75 Å². The van der Waals surface area contributed by atoms with Crippen LogP contribution >= 0.6 is 11.3 Å². The number of rotatable bonds is 16. The Hall–Kier alpha value is -3.92. The van der Waals surface area contributed by atoms with Crippen LogP contribution in [0.1, 0.15) is 55.6 Å². The third-order valence-electron chi connectivity index (χ3n) is 6.54. The molecule has 45 heavy (non-hydrogen) atoms. The lowest BCUT2D eigenvalue weighted by Gasteiger charge is -2.34. The second kappa shape index (κ2) is 18.8. The third kappa shape index (κ3) is 11.2. The van der Waals surface area contributed by atoms with E-state index in [4.69, 9.17) is 25.5 Å². The van der Waals surface area contributed by atoms with Crippen LogP contribution in [0.15, 0.2) is 23.3 Å². The quantitative estimate of drug-likeness (QED) is 0.0900. The third-order valence-corrected chi connectivity index (χ3v) is 7.85. The minimum atomic E-state index is -1.46. The predicted molar refractivity (Wildman–Crippen MR) is 174 cm³/mol. The fourth-order valence-electron chi connectivity index (χ4n) is 3.93. The van der Waals surface area contributed by atoms with Gasteiger partial charge in [-0.05, 0) is 71.2 Å². The molecule has 2 rings (SSSR count). The summed E-state index contributed by atoms with van der Waals surface area (Å²) >= 11 is 1.24. The fraction of sp³-hybridized carbons (Fsp3) is 0.500. The normalized spacial score (nSPS) is 11.8. The average Bonchev–Trinajstić information content (AvgIpc) is 3.32. The van der Waals surface area contributed by atoms with Crippen LogP contribution in [0.4, 0.5) is 14.4 Å². The number of amides is 3. The molecule has 0 aliphatic rings. The molecule has 0 aliphatic heterocycles. The summed E-state index contributed by atoms with van der Waals surface area (Å²) in [6.45, 7) is 8.36. The van der Waals surface area contributed by atoms with Crippen LogP contribution in [-0.2, 0) is 16.0 Å². The first-order valence-corrected chi connectivity index (χ1v) is 15.0. The number of imide groups is 1. The van der Waals surface area contributed by atoms with Crippen molar-refractivity contribution in [2.45, 2.75) is 65.1 Å². The van der Waals surface area contributed by atoms with Crippen LogP contribution in [-0.4, -0.2) is 102 Å². The van der Waals surface area contributed by atoms with Crippen LogP contribution in [0.25, 0.3) is 0 Å². The Kier molecular flexibility index (Phi) is 16.3. The molecule has 13 nitrogen and oxygen atoms in total. The van der Waals surface area contributed by atoms with Gasteiger partial charge >= 0.3 is 0 Å². The molecule has 0 aliphatic carbocycles. The number of nitrogens with one attached hydrogen (secondary N) is 3. The lowest BCUT2D eigenvalue weighted by atomic mass is 9.99. The maximum atomic E-state index is 13.9. The van der Waals surface area contributed by atoms with Gasteiger partial charge in [-0.25, -0.2) is 4.39 Å². The van der Waals surface area contributed by atoms with Crippen molar-refractivity contribution < 1.29 is 38.8 Å². The molecule has 1 heterocycles. The van der Waals surface area contributed by atoms with E-state index in [1.54, 1.807) is 33.9 Å². The Morgan fingerprint density at radius 2 is 1.93 bits per heavy atom. The summed E-state index contributed by atoms with van der Waals surface area (Å²) in [7, 11) is 3.29. The molecule has 2 aromatic rings. The van der Waals surface area contributed by atoms with Crippen molar-refractivity contribution in [2.75, 3.05) is 44.2 Å². The largest absolute Gasteiger partial charge is 0.496 e. The maximum Gasteiger partial charge on any atom is 0.264 e. The molecule has 1 atom stereocenters. The SMILES string of the molecule is COc1ccc(F)cc1CCN(C)c1sc(N/N=C\C=N)c(C)c1C(=O)N(C=O)C(C)(C)C(=O)NC(C)C.OCCC(O)CO. The van der Waals surface area contributed by atoms with E-state index in [2.05, 4.69) is 15.8 Å². The zero-order valence-electron chi connectivity index (χ0n) is 26.8. The van der Waals surface area contributed by atoms with Gasteiger partial charge in [0, 0.05) is 38.0 Å². The van der Waals surface area contributed by atoms with E-state index in [-0.39, 0.29) is 37.1 Å².